The molecule has 3 rings (SSSR count). The molecule has 0 radical (unpaired) electrons. The van der Waals surface area contributed by atoms with Crippen molar-refractivity contribution in [2.75, 3.05) is 59.4 Å². The molecule has 2 aliphatic heterocycles. The monoisotopic (exact) mass is 525 g/mol. The van der Waals surface area contributed by atoms with Gasteiger partial charge in [-0.05, 0) is 44.7 Å². The van der Waals surface area contributed by atoms with E-state index in [4.69, 9.17) is 0 Å². The Labute approximate surface area is 200 Å². The highest BCUT2D eigenvalue weighted by Crippen LogP contribution is 2.17. The molecule has 0 aliphatic carbocycles. The average Bonchev–Trinajstić information content (AvgIpc) is 2.76. The number of piperazine rings is 1. The molecule has 0 aromatic heterocycles. The van der Waals surface area contributed by atoms with Crippen LogP contribution in [0, 0.1) is 5.92 Å². The zero-order valence-corrected chi connectivity index (χ0v) is 21.3. The summed E-state index contributed by atoms with van der Waals surface area (Å²) >= 11 is 0. The van der Waals surface area contributed by atoms with E-state index in [0.29, 0.717) is 6.04 Å². The molecule has 5 nitrogen and oxygen atoms in total. The van der Waals surface area contributed by atoms with Gasteiger partial charge in [0.25, 0.3) is 0 Å². The van der Waals surface area contributed by atoms with Crippen LogP contribution in [0.5, 0.6) is 0 Å². The average molecular weight is 526 g/mol. The maximum absolute atomic E-state index is 4.56. The molecule has 0 bridgehead atoms. The summed E-state index contributed by atoms with van der Waals surface area (Å²) in [5, 5.41) is 3.66. The number of aliphatic imine (C=N–C) groups is 1. The minimum Gasteiger partial charge on any atom is -0.356 e. The number of benzene rings is 1. The van der Waals surface area contributed by atoms with Gasteiger partial charge in [0.05, 0.1) is 0 Å². The molecular weight excluding hydrogens is 485 g/mol. The number of likely N-dealkylation sites (tertiary alicyclic amines) is 1. The fourth-order valence-corrected chi connectivity index (χ4v) is 4.35. The molecule has 1 N–H and O–H groups in total. The summed E-state index contributed by atoms with van der Waals surface area (Å²) < 4.78 is 0. The minimum absolute atomic E-state index is 0. The second kappa shape index (κ2) is 13.3. The number of nitrogens with zero attached hydrogens (tertiary/aromatic N) is 4. The van der Waals surface area contributed by atoms with Gasteiger partial charge in [-0.3, -0.25) is 9.89 Å². The Kier molecular flexibility index (Phi) is 11.2. The molecule has 6 heteroatoms. The number of halogens is 1. The Bertz CT molecular complexity index is 653. The summed E-state index contributed by atoms with van der Waals surface area (Å²) in [6, 6.07) is 11.2. The van der Waals surface area contributed by atoms with Crippen molar-refractivity contribution in [3.8, 4) is 0 Å². The van der Waals surface area contributed by atoms with Crippen molar-refractivity contribution in [1.29, 1.82) is 0 Å². The molecule has 2 saturated heterocycles. The summed E-state index contributed by atoms with van der Waals surface area (Å²) in [5.41, 5.74) is 1.27. The molecule has 0 saturated carbocycles. The van der Waals surface area contributed by atoms with Crippen LogP contribution in [0.1, 0.15) is 32.3 Å². The van der Waals surface area contributed by atoms with Gasteiger partial charge >= 0.3 is 0 Å². The van der Waals surface area contributed by atoms with E-state index >= 15 is 0 Å². The molecule has 0 amide bonds. The second-order valence-corrected chi connectivity index (χ2v) is 8.63. The number of piperidine rings is 1. The van der Waals surface area contributed by atoms with Crippen molar-refractivity contribution in [2.45, 2.75) is 32.7 Å². The summed E-state index contributed by atoms with van der Waals surface area (Å²) in [6.07, 6.45) is 7.14. The molecule has 2 fully saturated rings. The molecule has 1 unspecified atom stereocenters. The zero-order chi connectivity index (χ0) is 20.5. The van der Waals surface area contributed by atoms with Crippen molar-refractivity contribution in [3.63, 3.8) is 0 Å². The molecular formula is C24H40IN5. The summed E-state index contributed by atoms with van der Waals surface area (Å²) in [7, 11) is 1.92. The van der Waals surface area contributed by atoms with Crippen LogP contribution >= 0.6 is 24.0 Å². The van der Waals surface area contributed by atoms with Crippen LogP contribution in [0.25, 0.3) is 6.08 Å². The highest BCUT2D eigenvalue weighted by molar-refractivity contribution is 14.0. The normalized spacial score (nSPS) is 21.8. The van der Waals surface area contributed by atoms with E-state index in [1.807, 2.05) is 7.05 Å². The first-order chi connectivity index (χ1) is 14.2. The van der Waals surface area contributed by atoms with Crippen LogP contribution in [0.3, 0.4) is 0 Å². The summed E-state index contributed by atoms with van der Waals surface area (Å²) in [6.45, 7) is 13.4. The maximum Gasteiger partial charge on any atom is 0.193 e. The van der Waals surface area contributed by atoms with Crippen LogP contribution in [-0.2, 0) is 0 Å². The van der Waals surface area contributed by atoms with Crippen molar-refractivity contribution in [2.24, 2.45) is 10.9 Å². The SMILES string of the molecule is CN=C(NCC1CCCN(C(C)C)C1)N1CCN(C/C=C/c2ccccc2)CC1.I. The number of nitrogens with one attached hydrogen (secondary N) is 1. The number of hydrogen-bond acceptors (Lipinski definition) is 3. The lowest BCUT2D eigenvalue weighted by Gasteiger charge is -2.38. The number of rotatable bonds is 6. The molecule has 168 valence electrons. The van der Waals surface area contributed by atoms with Crippen molar-refractivity contribution in [1.82, 2.24) is 20.0 Å². The zero-order valence-electron chi connectivity index (χ0n) is 19.0. The lowest BCUT2D eigenvalue weighted by atomic mass is 9.97. The first kappa shape index (κ1) is 25.1. The Balaban J connectivity index is 0.00000320. The van der Waals surface area contributed by atoms with Crippen LogP contribution in [0.15, 0.2) is 41.4 Å². The largest absolute Gasteiger partial charge is 0.356 e. The fourth-order valence-electron chi connectivity index (χ4n) is 4.35. The lowest BCUT2D eigenvalue weighted by Crippen LogP contribution is -2.53. The fraction of sp³-hybridized carbons (Fsp3) is 0.625. The molecule has 1 atom stereocenters. The summed E-state index contributed by atoms with van der Waals surface area (Å²) in [4.78, 5) is 12.1. The number of guanidine groups is 1. The van der Waals surface area contributed by atoms with E-state index in [0.717, 1.165) is 51.1 Å². The summed E-state index contributed by atoms with van der Waals surface area (Å²) in [5.74, 6) is 1.80. The minimum atomic E-state index is 0. The Morgan fingerprint density at radius 3 is 2.53 bits per heavy atom. The van der Waals surface area contributed by atoms with Crippen LogP contribution in [0.4, 0.5) is 0 Å². The Morgan fingerprint density at radius 2 is 1.87 bits per heavy atom. The lowest BCUT2D eigenvalue weighted by molar-refractivity contribution is 0.139. The van der Waals surface area contributed by atoms with Gasteiger partial charge in [0.2, 0.25) is 0 Å². The second-order valence-electron chi connectivity index (χ2n) is 8.63. The van der Waals surface area contributed by atoms with Crippen molar-refractivity contribution >= 4 is 36.0 Å². The standard InChI is InChI=1S/C24H39N5.HI/c1-21(2)29-14-8-12-23(20-29)19-26-24(25-3)28-17-15-27(16-18-28)13-7-11-22-9-5-4-6-10-22;/h4-7,9-11,21,23H,8,12-20H2,1-3H3,(H,25,26);1H/b11-7+;. The molecule has 0 spiro atoms. The van der Waals surface area contributed by atoms with Gasteiger partial charge < -0.3 is 15.1 Å². The molecule has 1 aromatic carbocycles. The topological polar surface area (TPSA) is 34.1 Å². The highest BCUT2D eigenvalue weighted by atomic mass is 127. The van der Waals surface area contributed by atoms with Crippen LogP contribution in [-0.4, -0.2) is 86.1 Å². The van der Waals surface area contributed by atoms with Crippen LogP contribution < -0.4 is 5.32 Å². The first-order valence-corrected chi connectivity index (χ1v) is 11.3. The smallest absolute Gasteiger partial charge is 0.193 e. The van der Waals surface area contributed by atoms with E-state index in [-0.39, 0.29) is 24.0 Å². The van der Waals surface area contributed by atoms with Gasteiger partial charge in [0.1, 0.15) is 0 Å². The van der Waals surface area contributed by atoms with E-state index in [2.05, 4.69) is 81.3 Å². The molecule has 30 heavy (non-hydrogen) atoms. The van der Waals surface area contributed by atoms with Gasteiger partial charge in [0.15, 0.2) is 5.96 Å². The van der Waals surface area contributed by atoms with Gasteiger partial charge in [0, 0.05) is 58.9 Å². The van der Waals surface area contributed by atoms with Gasteiger partial charge in [-0.15, -0.1) is 24.0 Å². The third-order valence-corrected chi connectivity index (χ3v) is 6.19. The van der Waals surface area contributed by atoms with E-state index in [9.17, 15) is 0 Å². The predicted octanol–water partition coefficient (Wildman–Crippen LogP) is 3.63. The van der Waals surface area contributed by atoms with Crippen LogP contribution in [0.2, 0.25) is 0 Å². The third-order valence-electron chi connectivity index (χ3n) is 6.19. The first-order valence-electron chi connectivity index (χ1n) is 11.3. The van der Waals surface area contributed by atoms with E-state index in [1.54, 1.807) is 0 Å². The molecule has 2 heterocycles. The maximum atomic E-state index is 4.56. The van der Waals surface area contributed by atoms with Crippen molar-refractivity contribution in [3.05, 3.63) is 42.0 Å². The third kappa shape index (κ3) is 7.85. The van der Waals surface area contributed by atoms with Gasteiger partial charge in [-0.1, -0.05) is 42.5 Å². The van der Waals surface area contributed by atoms with E-state index < -0.39 is 0 Å². The van der Waals surface area contributed by atoms with Gasteiger partial charge in [-0.2, -0.15) is 0 Å². The highest BCUT2D eigenvalue weighted by Gasteiger charge is 2.23. The molecule has 1 aromatic rings. The predicted molar refractivity (Wildman–Crippen MR) is 140 cm³/mol. The quantitative estimate of drug-likeness (QED) is 0.350. The van der Waals surface area contributed by atoms with Crippen molar-refractivity contribution < 1.29 is 0 Å². The Hall–Kier alpha value is -1.12. The number of hydrogen-bond donors (Lipinski definition) is 1. The van der Waals surface area contributed by atoms with Gasteiger partial charge in [-0.25, -0.2) is 0 Å². The van der Waals surface area contributed by atoms with E-state index in [1.165, 1.54) is 31.5 Å². The molecule has 2 aliphatic rings. The Morgan fingerprint density at radius 1 is 1.13 bits per heavy atom.